The molecular weight excluding hydrogens is 214 g/mol. The predicted molar refractivity (Wildman–Crippen MR) is 66.6 cm³/mol. The van der Waals surface area contributed by atoms with Crippen LogP contribution in [0.3, 0.4) is 0 Å². The lowest BCUT2D eigenvalue weighted by Crippen LogP contribution is -2.21. The van der Waals surface area contributed by atoms with E-state index in [2.05, 4.69) is 36.0 Å². The van der Waals surface area contributed by atoms with Crippen molar-refractivity contribution in [1.82, 2.24) is 19.6 Å². The maximum Gasteiger partial charge on any atom is 0.179 e. The number of rotatable bonds is 3. The van der Waals surface area contributed by atoms with Crippen molar-refractivity contribution in [2.75, 3.05) is 6.54 Å². The standard InChI is InChI=1S/C12H19N5/c1-12(2,3)6-9(7-13)11-16-15-10-8-14-4-5-17(10)11/h4-5,8-9H,6-7,13H2,1-3H3. The smallest absolute Gasteiger partial charge is 0.179 e. The molecule has 0 aromatic carbocycles. The van der Waals surface area contributed by atoms with E-state index in [1.54, 1.807) is 12.4 Å². The van der Waals surface area contributed by atoms with Crippen LogP contribution in [0.5, 0.6) is 0 Å². The Morgan fingerprint density at radius 3 is 2.76 bits per heavy atom. The molecule has 1 unspecified atom stereocenters. The molecule has 2 heterocycles. The number of fused-ring (bicyclic) bond motifs is 1. The van der Waals surface area contributed by atoms with E-state index in [1.807, 2.05) is 10.6 Å². The molecule has 2 aromatic rings. The van der Waals surface area contributed by atoms with Gasteiger partial charge >= 0.3 is 0 Å². The van der Waals surface area contributed by atoms with Crippen LogP contribution in [-0.4, -0.2) is 26.1 Å². The zero-order valence-corrected chi connectivity index (χ0v) is 10.6. The summed E-state index contributed by atoms with van der Waals surface area (Å²) in [6, 6.07) is 0. The third-order valence-electron chi connectivity index (χ3n) is 2.75. The highest BCUT2D eigenvalue weighted by Gasteiger charge is 2.23. The average Bonchev–Trinajstić information content (AvgIpc) is 2.68. The molecular formula is C12H19N5. The van der Waals surface area contributed by atoms with Gasteiger partial charge in [0.15, 0.2) is 5.65 Å². The van der Waals surface area contributed by atoms with Crippen LogP contribution in [0.4, 0.5) is 0 Å². The molecule has 0 aliphatic rings. The number of nitrogens with zero attached hydrogens (tertiary/aromatic N) is 4. The van der Waals surface area contributed by atoms with Gasteiger partial charge in [0, 0.05) is 24.9 Å². The van der Waals surface area contributed by atoms with Crippen LogP contribution in [0, 0.1) is 5.41 Å². The first-order chi connectivity index (χ1) is 8.01. The Morgan fingerprint density at radius 2 is 2.12 bits per heavy atom. The molecule has 0 aliphatic heterocycles. The topological polar surface area (TPSA) is 69.1 Å². The van der Waals surface area contributed by atoms with Gasteiger partial charge in [-0.2, -0.15) is 0 Å². The maximum absolute atomic E-state index is 5.87. The van der Waals surface area contributed by atoms with E-state index in [-0.39, 0.29) is 11.3 Å². The van der Waals surface area contributed by atoms with Crippen LogP contribution in [0.25, 0.3) is 5.65 Å². The van der Waals surface area contributed by atoms with Crippen LogP contribution >= 0.6 is 0 Å². The van der Waals surface area contributed by atoms with E-state index < -0.39 is 0 Å². The summed E-state index contributed by atoms with van der Waals surface area (Å²) in [5.41, 5.74) is 6.86. The Morgan fingerprint density at radius 1 is 1.35 bits per heavy atom. The molecule has 2 aromatic heterocycles. The highest BCUT2D eigenvalue weighted by atomic mass is 15.3. The van der Waals surface area contributed by atoms with Crippen molar-refractivity contribution in [3.05, 3.63) is 24.4 Å². The lowest BCUT2D eigenvalue weighted by molar-refractivity contribution is 0.335. The molecule has 0 radical (unpaired) electrons. The average molecular weight is 233 g/mol. The van der Waals surface area contributed by atoms with Crippen molar-refractivity contribution < 1.29 is 0 Å². The third-order valence-corrected chi connectivity index (χ3v) is 2.75. The third kappa shape index (κ3) is 2.61. The van der Waals surface area contributed by atoms with Gasteiger partial charge in [-0.25, -0.2) is 0 Å². The summed E-state index contributed by atoms with van der Waals surface area (Å²) in [4.78, 5) is 4.03. The van der Waals surface area contributed by atoms with Gasteiger partial charge in [0.1, 0.15) is 5.82 Å². The molecule has 0 fully saturated rings. The first-order valence-corrected chi connectivity index (χ1v) is 5.86. The van der Waals surface area contributed by atoms with E-state index in [0.717, 1.165) is 17.9 Å². The van der Waals surface area contributed by atoms with E-state index in [0.29, 0.717) is 6.54 Å². The molecule has 2 N–H and O–H groups in total. The van der Waals surface area contributed by atoms with Crippen LogP contribution in [0.15, 0.2) is 18.6 Å². The van der Waals surface area contributed by atoms with Crippen molar-refractivity contribution in [3.63, 3.8) is 0 Å². The highest BCUT2D eigenvalue weighted by Crippen LogP contribution is 2.29. The van der Waals surface area contributed by atoms with Gasteiger partial charge in [-0.3, -0.25) is 9.38 Å². The molecule has 5 heteroatoms. The van der Waals surface area contributed by atoms with Gasteiger partial charge in [0.2, 0.25) is 0 Å². The normalized spacial score (nSPS) is 14.1. The molecule has 92 valence electrons. The largest absolute Gasteiger partial charge is 0.330 e. The van der Waals surface area contributed by atoms with E-state index >= 15 is 0 Å². The molecule has 2 rings (SSSR count). The number of aromatic nitrogens is 4. The Kier molecular flexibility index (Phi) is 3.11. The van der Waals surface area contributed by atoms with Crippen LogP contribution in [0.2, 0.25) is 0 Å². The van der Waals surface area contributed by atoms with E-state index in [1.165, 1.54) is 0 Å². The molecule has 17 heavy (non-hydrogen) atoms. The van der Waals surface area contributed by atoms with Crippen molar-refractivity contribution in [3.8, 4) is 0 Å². The summed E-state index contributed by atoms with van der Waals surface area (Å²) in [5.74, 6) is 1.16. The summed E-state index contributed by atoms with van der Waals surface area (Å²) in [5, 5.41) is 8.36. The predicted octanol–water partition coefficient (Wildman–Crippen LogP) is 1.60. The SMILES string of the molecule is CC(C)(C)CC(CN)c1nnc2cnccn12. The lowest BCUT2D eigenvalue weighted by atomic mass is 9.84. The zero-order chi connectivity index (χ0) is 12.5. The van der Waals surface area contributed by atoms with Gasteiger partial charge in [-0.1, -0.05) is 20.8 Å². The minimum atomic E-state index is 0.225. The Bertz CT molecular complexity index is 497. The molecule has 0 amide bonds. The van der Waals surface area contributed by atoms with Crippen LogP contribution < -0.4 is 5.73 Å². The summed E-state index contributed by atoms with van der Waals surface area (Å²) in [6.07, 6.45) is 6.33. The van der Waals surface area contributed by atoms with Crippen molar-refractivity contribution in [2.24, 2.45) is 11.1 Å². The van der Waals surface area contributed by atoms with E-state index in [4.69, 9.17) is 5.73 Å². The fourth-order valence-corrected chi connectivity index (χ4v) is 2.07. The summed E-state index contributed by atoms with van der Waals surface area (Å²) in [7, 11) is 0. The first kappa shape index (κ1) is 12.0. The lowest BCUT2D eigenvalue weighted by Gasteiger charge is -2.23. The molecule has 0 spiro atoms. The Labute approximate surface area is 101 Å². The molecule has 0 aliphatic carbocycles. The van der Waals surface area contributed by atoms with Crippen LogP contribution in [-0.2, 0) is 0 Å². The van der Waals surface area contributed by atoms with Crippen molar-refractivity contribution >= 4 is 5.65 Å². The zero-order valence-electron chi connectivity index (χ0n) is 10.6. The van der Waals surface area contributed by atoms with Crippen molar-refractivity contribution in [1.29, 1.82) is 0 Å². The summed E-state index contributed by atoms with van der Waals surface area (Å²) >= 11 is 0. The van der Waals surface area contributed by atoms with Gasteiger partial charge in [-0.05, 0) is 11.8 Å². The number of hydrogen-bond acceptors (Lipinski definition) is 4. The summed E-state index contributed by atoms with van der Waals surface area (Å²) in [6.45, 7) is 7.21. The highest BCUT2D eigenvalue weighted by molar-refractivity contribution is 5.34. The quantitative estimate of drug-likeness (QED) is 0.874. The first-order valence-electron chi connectivity index (χ1n) is 5.86. The minimum absolute atomic E-state index is 0.225. The monoisotopic (exact) mass is 233 g/mol. The van der Waals surface area contributed by atoms with Crippen LogP contribution in [0.1, 0.15) is 38.9 Å². The molecule has 5 nitrogen and oxygen atoms in total. The van der Waals surface area contributed by atoms with E-state index in [9.17, 15) is 0 Å². The Balaban J connectivity index is 2.37. The Hall–Kier alpha value is -1.49. The molecule has 0 saturated carbocycles. The fraction of sp³-hybridized carbons (Fsp3) is 0.583. The number of hydrogen-bond donors (Lipinski definition) is 1. The number of nitrogens with two attached hydrogens (primary N) is 1. The second-order valence-electron chi connectivity index (χ2n) is 5.56. The molecule has 0 saturated heterocycles. The van der Waals surface area contributed by atoms with Crippen molar-refractivity contribution in [2.45, 2.75) is 33.1 Å². The summed E-state index contributed by atoms with van der Waals surface area (Å²) < 4.78 is 1.97. The van der Waals surface area contributed by atoms with Gasteiger partial charge in [-0.15, -0.1) is 10.2 Å². The maximum atomic E-state index is 5.87. The molecule has 0 bridgehead atoms. The second-order valence-corrected chi connectivity index (χ2v) is 5.56. The molecule has 1 atom stereocenters. The van der Waals surface area contributed by atoms with Gasteiger partial charge in [0.25, 0.3) is 0 Å². The van der Waals surface area contributed by atoms with Gasteiger partial charge < -0.3 is 5.73 Å². The fourth-order valence-electron chi connectivity index (χ4n) is 2.07. The minimum Gasteiger partial charge on any atom is -0.330 e. The second kappa shape index (κ2) is 4.41. The van der Waals surface area contributed by atoms with Gasteiger partial charge in [0.05, 0.1) is 6.20 Å².